The smallest absolute Gasteiger partial charge is 0.272 e. The maximum absolute atomic E-state index is 13.4. The summed E-state index contributed by atoms with van der Waals surface area (Å²) in [4.78, 5) is 12.1. The van der Waals surface area contributed by atoms with Crippen molar-refractivity contribution in [1.29, 1.82) is 0 Å². The van der Waals surface area contributed by atoms with Gasteiger partial charge in [-0.05, 0) is 47.1 Å². The van der Waals surface area contributed by atoms with E-state index in [-0.39, 0.29) is 5.91 Å². The van der Waals surface area contributed by atoms with E-state index >= 15 is 0 Å². The van der Waals surface area contributed by atoms with Gasteiger partial charge < -0.3 is 9.88 Å². The minimum atomic E-state index is -0.429. The topological polar surface area (TPSA) is 34.0 Å². The van der Waals surface area contributed by atoms with E-state index in [1.54, 1.807) is 22.9 Å². The molecule has 0 atom stereocenters. The number of amides is 1. The van der Waals surface area contributed by atoms with E-state index in [0.717, 1.165) is 0 Å². The zero-order valence-corrected chi connectivity index (χ0v) is 12.4. The third-order valence-electron chi connectivity index (χ3n) is 2.61. The van der Waals surface area contributed by atoms with E-state index in [1.165, 1.54) is 12.1 Å². The van der Waals surface area contributed by atoms with Crippen molar-refractivity contribution in [2.45, 2.75) is 13.5 Å². The van der Waals surface area contributed by atoms with Crippen LogP contribution in [-0.4, -0.2) is 10.5 Å². The fraction of sp³-hybridized carbons (Fsp3) is 0.154. The number of anilines is 1. The van der Waals surface area contributed by atoms with Crippen LogP contribution in [0.2, 0.25) is 5.02 Å². The van der Waals surface area contributed by atoms with Crippen LogP contribution >= 0.6 is 27.5 Å². The minimum absolute atomic E-state index is 0.324. The Morgan fingerprint density at radius 3 is 2.84 bits per heavy atom. The number of hydrogen-bond acceptors (Lipinski definition) is 1. The van der Waals surface area contributed by atoms with Gasteiger partial charge in [0.1, 0.15) is 11.5 Å². The van der Waals surface area contributed by atoms with Crippen molar-refractivity contribution in [2.24, 2.45) is 0 Å². The van der Waals surface area contributed by atoms with Crippen molar-refractivity contribution in [3.63, 3.8) is 0 Å². The van der Waals surface area contributed by atoms with Crippen molar-refractivity contribution >= 4 is 39.1 Å². The predicted molar refractivity (Wildman–Crippen MR) is 77.2 cm³/mol. The summed E-state index contributed by atoms with van der Waals surface area (Å²) < 4.78 is 15.4. The number of carbonyl (C=O) groups excluding carboxylic acids is 1. The van der Waals surface area contributed by atoms with Gasteiger partial charge in [0, 0.05) is 18.4 Å². The normalized spacial score (nSPS) is 10.5. The van der Waals surface area contributed by atoms with Crippen LogP contribution in [0.25, 0.3) is 0 Å². The first-order valence-corrected chi connectivity index (χ1v) is 6.80. The molecule has 0 aliphatic carbocycles. The van der Waals surface area contributed by atoms with Crippen LogP contribution in [0.3, 0.4) is 0 Å². The molecule has 1 aromatic heterocycles. The first-order valence-electron chi connectivity index (χ1n) is 5.63. The van der Waals surface area contributed by atoms with Gasteiger partial charge in [-0.1, -0.05) is 11.6 Å². The van der Waals surface area contributed by atoms with Crippen LogP contribution in [0.4, 0.5) is 10.1 Å². The van der Waals surface area contributed by atoms with E-state index in [2.05, 4.69) is 21.2 Å². The molecule has 1 N–H and O–H groups in total. The van der Waals surface area contributed by atoms with Gasteiger partial charge in [0.05, 0.1) is 9.50 Å². The molecule has 0 fully saturated rings. The zero-order valence-electron chi connectivity index (χ0n) is 10.1. The molecule has 0 aliphatic rings. The molecule has 0 bridgehead atoms. The van der Waals surface area contributed by atoms with Crippen LogP contribution in [0.1, 0.15) is 17.4 Å². The van der Waals surface area contributed by atoms with Crippen LogP contribution in [0, 0.1) is 5.82 Å². The number of hydrogen-bond donors (Lipinski definition) is 1. The molecule has 6 heteroatoms. The lowest BCUT2D eigenvalue weighted by Gasteiger charge is -2.08. The number of aryl methyl sites for hydroxylation is 1. The number of rotatable bonds is 3. The molecule has 1 amide bonds. The Hall–Kier alpha value is -1.33. The number of benzene rings is 1. The number of carbonyl (C=O) groups is 1. The second kappa shape index (κ2) is 5.75. The Balaban J connectivity index is 2.22. The Kier molecular flexibility index (Phi) is 4.27. The molecule has 2 aromatic rings. The first-order chi connectivity index (χ1) is 9.01. The van der Waals surface area contributed by atoms with Crippen molar-refractivity contribution in [3.8, 4) is 0 Å². The highest BCUT2D eigenvalue weighted by Gasteiger charge is 2.13. The first kappa shape index (κ1) is 14.1. The molecule has 3 nitrogen and oxygen atoms in total. The molecule has 2 rings (SSSR count). The zero-order chi connectivity index (χ0) is 14.0. The minimum Gasteiger partial charge on any atom is -0.342 e. The quantitative estimate of drug-likeness (QED) is 0.883. The highest BCUT2D eigenvalue weighted by molar-refractivity contribution is 9.10. The summed E-state index contributed by atoms with van der Waals surface area (Å²) in [6.45, 7) is 2.54. The fourth-order valence-electron chi connectivity index (χ4n) is 1.70. The molecule has 19 heavy (non-hydrogen) atoms. The number of aromatic nitrogens is 1. The molecule has 100 valence electrons. The average molecular weight is 346 g/mol. The third kappa shape index (κ3) is 3.16. The molecule has 1 aromatic carbocycles. The molecule has 0 saturated heterocycles. The van der Waals surface area contributed by atoms with Crippen LogP contribution in [0.15, 0.2) is 34.9 Å². The molecular formula is C13H11BrClFN2O. The maximum Gasteiger partial charge on any atom is 0.272 e. The average Bonchev–Trinajstić information content (AvgIpc) is 2.75. The summed E-state index contributed by atoms with van der Waals surface area (Å²) in [7, 11) is 0. The van der Waals surface area contributed by atoms with Gasteiger partial charge in [-0.15, -0.1) is 0 Å². The summed E-state index contributed by atoms with van der Waals surface area (Å²) in [6, 6.07) is 5.99. The standard InChI is InChI=1S/C13H11BrClFN2O/c1-2-18-7-8(15)5-12(18)13(19)17-9-3-4-10(14)11(16)6-9/h3-7H,2H2,1H3,(H,17,19). The molecule has 0 spiro atoms. The van der Waals surface area contributed by atoms with Gasteiger partial charge in [-0.3, -0.25) is 4.79 Å². The van der Waals surface area contributed by atoms with Crippen molar-refractivity contribution in [3.05, 3.63) is 51.5 Å². The lowest BCUT2D eigenvalue weighted by molar-refractivity contribution is 0.101. The summed E-state index contributed by atoms with van der Waals surface area (Å²) in [6.07, 6.45) is 1.68. The molecular weight excluding hydrogens is 335 g/mol. The highest BCUT2D eigenvalue weighted by Crippen LogP contribution is 2.21. The molecule has 0 saturated carbocycles. The summed E-state index contributed by atoms with van der Waals surface area (Å²) in [5.74, 6) is -0.753. The van der Waals surface area contributed by atoms with Gasteiger partial charge in [0.15, 0.2) is 0 Å². The maximum atomic E-state index is 13.4. The van der Waals surface area contributed by atoms with Crippen molar-refractivity contribution in [2.75, 3.05) is 5.32 Å². The van der Waals surface area contributed by atoms with Gasteiger partial charge in [-0.25, -0.2) is 4.39 Å². The Bertz CT molecular complexity index is 627. The van der Waals surface area contributed by atoms with Crippen LogP contribution in [-0.2, 0) is 6.54 Å². The fourth-order valence-corrected chi connectivity index (χ4v) is 2.16. The number of halogens is 3. The van der Waals surface area contributed by atoms with E-state index in [4.69, 9.17) is 11.6 Å². The largest absolute Gasteiger partial charge is 0.342 e. The molecule has 0 unspecified atom stereocenters. The summed E-state index contributed by atoms with van der Waals surface area (Å²) >= 11 is 8.93. The van der Waals surface area contributed by atoms with E-state index < -0.39 is 5.82 Å². The van der Waals surface area contributed by atoms with Crippen molar-refractivity contribution < 1.29 is 9.18 Å². The second-order valence-electron chi connectivity index (χ2n) is 3.91. The number of nitrogens with zero attached hydrogens (tertiary/aromatic N) is 1. The highest BCUT2D eigenvalue weighted by atomic mass is 79.9. The Morgan fingerprint density at radius 2 is 2.21 bits per heavy atom. The number of nitrogens with one attached hydrogen (secondary N) is 1. The lowest BCUT2D eigenvalue weighted by Crippen LogP contribution is -2.16. The van der Waals surface area contributed by atoms with Crippen LogP contribution in [0.5, 0.6) is 0 Å². The third-order valence-corrected chi connectivity index (χ3v) is 3.46. The monoisotopic (exact) mass is 344 g/mol. The van der Waals surface area contributed by atoms with Crippen LogP contribution < -0.4 is 5.32 Å². The van der Waals surface area contributed by atoms with E-state index in [0.29, 0.717) is 27.4 Å². The van der Waals surface area contributed by atoms with E-state index in [9.17, 15) is 9.18 Å². The SMILES string of the molecule is CCn1cc(Cl)cc1C(=O)Nc1ccc(Br)c(F)c1. The van der Waals surface area contributed by atoms with Crippen molar-refractivity contribution in [1.82, 2.24) is 4.57 Å². The molecule has 0 aliphatic heterocycles. The van der Waals surface area contributed by atoms with Gasteiger partial charge in [0.25, 0.3) is 5.91 Å². The Morgan fingerprint density at radius 1 is 1.47 bits per heavy atom. The lowest BCUT2D eigenvalue weighted by atomic mass is 10.3. The second-order valence-corrected chi connectivity index (χ2v) is 5.20. The Labute approximate surface area is 123 Å². The van der Waals surface area contributed by atoms with Gasteiger partial charge in [-0.2, -0.15) is 0 Å². The van der Waals surface area contributed by atoms with Gasteiger partial charge >= 0.3 is 0 Å². The predicted octanol–water partition coefficient (Wildman–Crippen LogP) is 4.32. The van der Waals surface area contributed by atoms with Gasteiger partial charge in [0.2, 0.25) is 0 Å². The molecule has 1 heterocycles. The molecule has 0 radical (unpaired) electrons. The van der Waals surface area contributed by atoms with E-state index in [1.807, 2.05) is 6.92 Å². The summed E-state index contributed by atoms with van der Waals surface area (Å²) in [5.41, 5.74) is 0.835. The summed E-state index contributed by atoms with van der Waals surface area (Å²) in [5, 5.41) is 3.13.